The van der Waals surface area contributed by atoms with Gasteiger partial charge in [-0.15, -0.1) is 0 Å². The molecule has 35 heavy (non-hydrogen) atoms. The predicted molar refractivity (Wildman–Crippen MR) is 138 cm³/mol. The van der Waals surface area contributed by atoms with Crippen molar-refractivity contribution in [2.24, 2.45) is 5.92 Å². The number of methoxy groups -OCH3 is 1. The van der Waals surface area contributed by atoms with Gasteiger partial charge in [-0.3, -0.25) is 4.79 Å². The number of amides is 1. The first-order valence-corrected chi connectivity index (χ1v) is 12.8. The summed E-state index contributed by atoms with van der Waals surface area (Å²) in [5.41, 5.74) is 2.85. The second kappa shape index (κ2) is 10.3. The monoisotopic (exact) mass is 476 g/mol. The van der Waals surface area contributed by atoms with Crippen molar-refractivity contribution in [2.75, 3.05) is 39.1 Å². The van der Waals surface area contributed by atoms with Crippen molar-refractivity contribution in [1.29, 1.82) is 0 Å². The lowest BCUT2D eigenvalue weighted by Gasteiger charge is -2.40. The van der Waals surface area contributed by atoms with Gasteiger partial charge in [0, 0.05) is 62.7 Å². The SMILES string of the molecule is COC1(c2ccc(Nc3ncc4ccn(CCCNC(=O)C5CCC5)c4n3)cc2)CCN(C)CC1. The van der Waals surface area contributed by atoms with Gasteiger partial charge in [-0.1, -0.05) is 18.6 Å². The lowest BCUT2D eigenvalue weighted by Crippen LogP contribution is -2.42. The summed E-state index contributed by atoms with van der Waals surface area (Å²) in [7, 11) is 3.98. The number of nitrogens with one attached hydrogen (secondary N) is 2. The van der Waals surface area contributed by atoms with E-state index in [4.69, 9.17) is 9.72 Å². The lowest BCUT2D eigenvalue weighted by molar-refractivity contribution is -0.127. The normalized spacial score (nSPS) is 18.3. The summed E-state index contributed by atoms with van der Waals surface area (Å²) < 4.78 is 8.13. The maximum absolute atomic E-state index is 12.0. The van der Waals surface area contributed by atoms with Crippen LogP contribution in [0.1, 0.15) is 44.1 Å². The molecule has 2 fully saturated rings. The number of likely N-dealkylation sites (tertiary alicyclic amines) is 1. The van der Waals surface area contributed by atoms with Gasteiger partial charge in [0.15, 0.2) is 0 Å². The number of fused-ring (bicyclic) bond motifs is 1. The van der Waals surface area contributed by atoms with E-state index in [0.29, 0.717) is 12.5 Å². The first kappa shape index (κ1) is 23.8. The van der Waals surface area contributed by atoms with Crippen molar-refractivity contribution >= 4 is 28.6 Å². The highest BCUT2D eigenvalue weighted by Gasteiger charge is 2.35. The number of carbonyl (C=O) groups excluding carboxylic acids is 1. The van der Waals surface area contributed by atoms with E-state index >= 15 is 0 Å². The summed E-state index contributed by atoms with van der Waals surface area (Å²) in [6.45, 7) is 3.56. The zero-order chi connectivity index (χ0) is 24.3. The number of anilines is 2. The van der Waals surface area contributed by atoms with E-state index in [1.165, 1.54) is 12.0 Å². The third kappa shape index (κ3) is 5.18. The molecular formula is C27H36N6O2. The molecule has 1 amide bonds. The van der Waals surface area contributed by atoms with Crippen LogP contribution in [-0.4, -0.2) is 59.1 Å². The molecule has 2 aliphatic rings. The summed E-state index contributed by atoms with van der Waals surface area (Å²) in [5.74, 6) is 1.02. The number of carbonyl (C=O) groups is 1. The van der Waals surface area contributed by atoms with Crippen molar-refractivity contribution in [2.45, 2.75) is 50.7 Å². The minimum Gasteiger partial charge on any atom is -0.373 e. The van der Waals surface area contributed by atoms with Crippen LogP contribution in [0.4, 0.5) is 11.6 Å². The van der Waals surface area contributed by atoms with Crippen LogP contribution in [-0.2, 0) is 21.7 Å². The molecule has 0 spiro atoms. The molecule has 0 atom stereocenters. The summed E-state index contributed by atoms with van der Waals surface area (Å²) in [4.78, 5) is 23.6. The van der Waals surface area contributed by atoms with Crippen molar-refractivity contribution < 1.29 is 9.53 Å². The zero-order valence-electron chi connectivity index (χ0n) is 20.8. The molecule has 1 aliphatic heterocycles. The summed E-state index contributed by atoms with van der Waals surface area (Å²) in [5, 5.41) is 7.42. The standard InChI is InChI=1S/C27H36N6O2/c1-32-17-12-27(35-2,13-18-32)22-7-9-23(10-8-22)30-26-29-19-21-11-16-33(24(21)31-26)15-4-14-28-25(34)20-5-3-6-20/h7-11,16,19-20H,3-6,12-15,17-18H2,1-2H3,(H,28,34)(H,29,30,31). The molecule has 8 heteroatoms. The number of benzene rings is 1. The lowest BCUT2D eigenvalue weighted by atomic mass is 9.84. The van der Waals surface area contributed by atoms with E-state index in [1.54, 1.807) is 0 Å². The van der Waals surface area contributed by atoms with Crippen LogP contribution in [0, 0.1) is 5.92 Å². The van der Waals surface area contributed by atoms with Crippen LogP contribution in [0.15, 0.2) is 42.7 Å². The molecule has 2 N–H and O–H groups in total. The molecule has 0 unspecified atom stereocenters. The van der Waals surface area contributed by atoms with Crippen LogP contribution in [0.5, 0.6) is 0 Å². The van der Waals surface area contributed by atoms with E-state index in [2.05, 4.69) is 56.4 Å². The Morgan fingerprint density at radius 2 is 1.94 bits per heavy atom. The number of aryl methyl sites for hydroxylation is 1. The Morgan fingerprint density at radius 3 is 2.63 bits per heavy atom. The molecule has 0 radical (unpaired) electrons. The Labute approximate surface area is 207 Å². The van der Waals surface area contributed by atoms with Crippen LogP contribution in [0.2, 0.25) is 0 Å². The molecule has 1 aliphatic carbocycles. The van der Waals surface area contributed by atoms with Gasteiger partial charge in [-0.25, -0.2) is 4.98 Å². The maximum atomic E-state index is 12.0. The van der Waals surface area contributed by atoms with E-state index in [0.717, 1.165) is 68.5 Å². The Morgan fingerprint density at radius 1 is 1.17 bits per heavy atom. The Hall–Kier alpha value is -2.97. The Kier molecular flexibility index (Phi) is 7.02. The third-order valence-electron chi connectivity index (χ3n) is 7.71. The highest BCUT2D eigenvalue weighted by molar-refractivity contribution is 5.79. The molecule has 1 saturated heterocycles. The molecule has 2 aromatic heterocycles. The maximum Gasteiger partial charge on any atom is 0.229 e. The number of nitrogens with zero attached hydrogens (tertiary/aromatic N) is 4. The van der Waals surface area contributed by atoms with Gasteiger partial charge in [-0.2, -0.15) is 4.98 Å². The summed E-state index contributed by atoms with van der Waals surface area (Å²) in [6.07, 6.45) is 10.0. The van der Waals surface area contributed by atoms with Gasteiger partial charge in [0.25, 0.3) is 0 Å². The minimum atomic E-state index is -0.210. The second-order valence-corrected chi connectivity index (χ2v) is 9.96. The van der Waals surface area contributed by atoms with Gasteiger partial charge in [0.1, 0.15) is 5.65 Å². The first-order chi connectivity index (χ1) is 17.1. The average molecular weight is 477 g/mol. The third-order valence-corrected chi connectivity index (χ3v) is 7.71. The molecule has 186 valence electrons. The van der Waals surface area contributed by atoms with Gasteiger partial charge in [0.05, 0.1) is 5.60 Å². The molecule has 8 nitrogen and oxygen atoms in total. The van der Waals surface area contributed by atoms with E-state index < -0.39 is 0 Å². The molecular weight excluding hydrogens is 440 g/mol. The largest absolute Gasteiger partial charge is 0.373 e. The summed E-state index contributed by atoms with van der Waals surface area (Å²) >= 11 is 0. The number of ether oxygens (including phenoxy) is 1. The predicted octanol–water partition coefficient (Wildman–Crippen LogP) is 4.05. The fraction of sp³-hybridized carbons (Fsp3) is 0.519. The number of piperidine rings is 1. The quantitative estimate of drug-likeness (QED) is 0.454. The first-order valence-electron chi connectivity index (χ1n) is 12.8. The van der Waals surface area contributed by atoms with Gasteiger partial charge in [0.2, 0.25) is 11.9 Å². The highest BCUT2D eigenvalue weighted by atomic mass is 16.5. The van der Waals surface area contributed by atoms with Crippen LogP contribution in [0.25, 0.3) is 11.0 Å². The zero-order valence-corrected chi connectivity index (χ0v) is 20.8. The molecule has 1 saturated carbocycles. The Balaban J connectivity index is 1.21. The van der Waals surface area contributed by atoms with E-state index in [-0.39, 0.29) is 17.4 Å². The van der Waals surface area contributed by atoms with Crippen molar-refractivity contribution in [3.63, 3.8) is 0 Å². The molecule has 3 aromatic rings. The van der Waals surface area contributed by atoms with Gasteiger partial charge in [-0.05, 0) is 62.9 Å². The second-order valence-electron chi connectivity index (χ2n) is 9.96. The average Bonchev–Trinajstić information content (AvgIpc) is 3.24. The fourth-order valence-corrected chi connectivity index (χ4v) is 5.06. The van der Waals surface area contributed by atoms with Crippen molar-refractivity contribution in [3.05, 3.63) is 48.3 Å². The van der Waals surface area contributed by atoms with Gasteiger partial charge < -0.3 is 24.8 Å². The van der Waals surface area contributed by atoms with Crippen LogP contribution in [0.3, 0.4) is 0 Å². The minimum absolute atomic E-state index is 0.209. The van der Waals surface area contributed by atoms with E-state index in [1.807, 2.05) is 25.6 Å². The topological polar surface area (TPSA) is 84.3 Å². The fourth-order valence-electron chi connectivity index (χ4n) is 5.06. The highest BCUT2D eigenvalue weighted by Crippen LogP contribution is 2.36. The molecule has 3 heterocycles. The van der Waals surface area contributed by atoms with E-state index in [9.17, 15) is 4.79 Å². The molecule has 0 bridgehead atoms. The van der Waals surface area contributed by atoms with Crippen molar-refractivity contribution in [3.8, 4) is 0 Å². The smallest absolute Gasteiger partial charge is 0.229 e. The molecule has 1 aromatic carbocycles. The number of rotatable bonds is 9. The van der Waals surface area contributed by atoms with Gasteiger partial charge >= 0.3 is 0 Å². The molecule has 5 rings (SSSR count). The number of aromatic nitrogens is 3. The van der Waals surface area contributed by atoms with Crippen LogP contribution >= 0.6 is 0 Å². The Bertz CT molecular complexity index is 1150. The summed E-state index contributed by atoms with van der Waals surface area (Å²) in [6, 6.07) is 10.5. The number of hydrogen-bond acceptors (Lipinski definition) is 6. The number of hydrogen-bond donors (Lipinski definition) is 2. The van der Waals surface area contributed by atoms with Crippen molar-refractivity contribution in [1.82, 2.24) is 24.8 Å². The van der Waals surface area contributed by atoms with Crippen LogP contribution < -0.4 is 10.6 Å².